The molecular weight excluding hydrogens is 185 g/mol. The van der Waals surface area contributed by atoms with Gasteiger partial charge >= 0.3 is 6.18 Å². The molecular formula is C7H9F3N2O. The molecule has 3 nitrogen and oxygen atoms in total. The van der Waals surface area contributed by atoms with Crippen LogP contribution in [0.1, 0.15) is 18.3 Å². The summed E-state index contributed by atoms with van der Waals surface area (Å²) in [5.74, 6) is 0. The van der Waals surface area contributed by atoms with Crippen LogP contribution in [0.2, 0.25) is 0 Å². The minimum Gasteiger partial charge on any atom is -0.390 e. The molecule has 0 bridgehead atoms. The van der Waals surface area contributed by atoms with Crippen LogP contribution in [-0.2, 0) is 19.3 Å². The van der Waals surface area contributed by atoms with Crippen molar-refractivity contribution in [1.29, 1.82) is 0 Å². The molecule has 1 aromatic heterocycles. The monoisotopic (exact) mass is 194 g/mol. The van der Waals surface area contributed by atoms with E-state index in [1.807, 2.05) is 0 Å². The van der Waals surface area contributed by atoms with Crippen LogP contribution in [0.25, 0.3) is 0 Å². The van der Waals surface area contributed by atoms with Crippen LogP contribution in [0.5, 0.6) is 0 Å². The lowest BCUT2D eigenvalue weighted by molar-refractivity contribution is -0.144. The van der Waals surface area contributed by atoms with E-state index in [4.69, 9.17) is 5.11 Å². The van der Waals surface area contributed by atoms with Crippen LogP contribution in [0, 0.1) is 0 Å². The maximum absolute atomic E-state index is 12.2. The second-order valence-corrected chi connectivity index (χ2v) is 2.49. The fraction of sp³-hybridized carbons (Fsp3) is 0.571. The third-order valence-corrected chi connectivity index (χ3v) is 1.58. The first kappa shape index (κ1) is 10.0. The molecule has 1 rings (SSSR count). The van der Waals surface area contributed by atoms with E-state index in [-0.39, 0.29) is 12.2 Å². The molecule has 0 saturated carbocycles. The summed E-state index contributed by atoms with van der Waals surface area (Å²) < 4.78 is 37.6. The van der Waals surface area contributed by atoms with Crippen molar-refractivity contribution < 1.29 is 18.3 Å². The summed E-state index contributed by atoms with van der Waals surface area (Å²) in [5.41, 5.74) is -0.784. The number of halogens is 3. The van der Waals surface area contributed by atoms with Crippen molar-refractivity contribution >= 4 is 0 Å². The summed E-state index contributed by atoms with van der Waals surface area (Å²) in [5, 5.41) is 12.2. The standard InChI is InChI=1S/C7H9F3N2O/c1-2-12-6(7(8,9)10)3-5(4-13)11-12/h3,13H,2,4H2,1H3. The average molecular weight is 194 g/mol. The Hall–Kier alpha value is -1.04. The van der Waals surface area contributed by atoms with Gasteiger partial charge in [-0.3, -0.25) is 4.68 Å². The van der Waals surface area contributed by atoms with Crippen molar-refractivity contribution in [2.75, 3.05) is 0 Å². The molecule has 0 amide bonds. The molecule has 0 aromatic carbocycles. The maximum atomic E-state index is 12.2. The highest BCUT2D eigenvalue weighted by atomic mass is 19.4. The van der Waals surface area contributed by atoms with Crippen molar-refractivity contribution in [1.82, 2.24) is 9.78 Å². The topological polar surface area (TPSA) is 38.0 Å². The molecule has 0 aliphatic carbocycles. The normalized spacial score (nSPS) is 12.1. The van der Waals surface area contributed by atoms with Crippen molar-refractivity contribution in [2.45, 2.75) is 26.3 Å². The van der Waals surface area contributed by atoms with E-state index in [9.17, 15) is 13.2 Å². The van der Waals surface area contributed by atoms with Crippen LogP contribution < -0.4 is 0 Å². The highest BCUT2D eigenvalue weighted by Crippen LogP contribution is 2.29. The Labute approximate surface area is 72.8 Å². The SMILES string of the molecule is CCn1nc(CO)cc1C(F)(F)F. The molecule has 0 unspecified atom stereocenters. The van der Waals surface area contributed by atoms with E-state index >= 15 is 0 Å². The molecule has 0 radical (unpaired) electrons. The van der Waals surface area contributed by atoms with Gasteiger partial charge < -0.3 is 5.11 Å². The molecule has 74 valence electrons. The molecule has 0 saturated heterocycles. The Balaban J connectivity index is 3.11. The molecule has 13 heavy (non-hydrogen) atoms. The van der Waals surface area contributed by atoms with Gasteiger partial charge in [-0.2, -0.15) is 18.3 Å². The second kappa shape index (κ2) is 3.37. The first-order valence-electron chi connectivity index (χ1n) is 3.73. The number of nitrogens with zero attached hydrogens (tertiary/aromatic N) is 2. The van der Waals surface area contributed by atoms with Crippen molar-refractivity contribution in [3.05, 3.63) is 17.5 Å². The molecule has 1 aromatic rings. The van der Waals surface area contributed by atoms with Crippen LogP contribution in [0.4, 0.5) is 13.2 Å². The van der Waals surface area contributed by atoms with Crippen LogP contribution in [-0.4, -0.2) is 14.9 Å². The zero-order valence-electron chi connectivity index (χ0n) is 6.97. The summed E-state index contributed by atoms with van der Waals surface area (Å²) in [6, 6.07) is 0.851. The number of aliphatic hydroxyl groups is 1. The largest absolute Gasteiger partial charge is 0.433 e. The second-order valence-electron chi connectivity index (χ2n) is 2.49. The Bertz CT molecular complexity index is 292. The van der Waals surface area contributed by atoms with Gasteiger partial charge in [0.1, 0.15) is 5.69 Å². The van der Waals surface area contributed by atoms with Gasteiger partial charge in [0.25, 0.3) is 0 Å². The summed E-state index contributed by atoms with van der Waals surface area (Å²) in [7, 11) is 0. The van der Waals surface area contributed by atoms with Crippen LogP contribution in [0.15, 0.2) is 6.07 Å². The third-order valence-electron chi connectivity index (χ3n) is 1.58. The number of alkyl halides is 3. The Morgan fingerprint density at radius 3 is 2.46 bits per heavy atom. The summed E-state index contributed by atoms with van der Waals surface area (Å²) in [6.07, 6.45) is -4.41. The van der Waals surface area contributed by atoms with Crippen LogP contribution in [0.3, 0.4) is 0 Å². The molecule has 0 fully saturated rings. The molecule has 1 N–H and O–H groups in total. The lowest BCUT2D eigenvalue weighted by atomic mass is 10.3. The molecule has 1 heterocycles. The predicted octanol–water partition coefficient (Wildman–Crippen LogP) is 1.41. The number of rotatable bonds is 2. The van der Waals surface area contributed by atoms with Gasteiger partial charge in [-0.05, 0) is 13.0 Å². The van der Waals surface area contributed by atoms with Crippen molar-refractivity contribution in [3.8, 4) is 0 Å². The Morgan fingerprint density at radius 2 is 2.15 bits per heavy atom. The van der Waals surface area contributed by atoms with Gasteiger partial charge in [0, 0.05) is 6.54 Å². The summed E-state index contributed by atoms with van der Waals surface area (Å²) in [4.78, 5) is 0. The Morgan fingerprint density at radius 1 is 1.54 bits per heavy atom. The lowest BCUT2D eigenvalue weighted by Crippen LogP contribution is -2.13. The van der Waals surface area contributed by atoms with Gasteiger partial charge in [0.15, 0.2) is 0 Å². The van der Waals surface area contributed by atoms with E-state index in [0.29, 0.717) is 0 Å². The fourth-order valence-electron chi connectivity index (χ4n) is 1.02. The van der Waals surface area contributed by atoms with Gasteiger partial charge in [-0.15, -0.1) is 0 Å². The number of hydrogen-bond donors (Lipinski definition) is 1. The minimum absolute atomic E-state index is 0.0363. The molecule has 0 spiro atoms. The predicted molar refractivity (Wildman–Crippen MR) is 38.8 cm³/mol. The van der Waals surface area contributed by atoms with E-state index in [1.165, 1.54) is 0 Å². The highest BCUT2D eigenvalue weighted by molar-refractivity contribution is 5.12. The molecule has 6 heteroatoms. The molecule has 0 aliphatic rings. The smallest absolute Gasteiger partial charge is 0.390 e. The lowest BCUT2D eigenvalue weighted by Gasteiger charge is -2.07. The quantitative estimate of drug-likeness (QED) is 0.773. The van der Waals surface area contributed by atoms with Gasteiger partial charge in [-0.1, -0.05) is 0 Å². The van der Waals surface area contributed by atoms with E-state index in [1.54, 1.807) is 6.92 Å². The van der Waals surface area contributed by atoms with E-state index < -0.39 is 18.5 Å². The fourth-order valence-corrected chi connectivity index (χ4v) is 1.02. The molecule has 0 atom stereocenters. The van der Waals surface area contributed by atoms with E-state index in [2.05, 4.69) is 5.10 Å². The van der Waals surface area contributed by atoms with Crippen LogP contribution >= 0.6 is 0 Å². The summed E-state index contributed by atoms with van der Waals surface area (Å²) >= 11 is 0. The first-order chi connectivity index (χ1) is 5.99. The average Bonchev–Trinajstić information content (AvgIpc) is 2.46. The first-order valence-corrected chi connectivity index (χ1v) is 3.73. The third kappa shape index (κ3) is 2.00. The van der Waals surface area contributed by atoms with Gasteiger partial charge in [0.05, 0.1) is 12.3 Å². The number of aliphatic hydroxyl groups excluding tert-OH is 1. The van der Waals surface area contributed by atoms with Crippen molar-refractivity contribution in [3.63, 3.8) is 0 Å². The summed E-state index contributed by atoms with van der Waals surface area (Å²) in [6.45, 7) is 1.22. The highest BCUT2D eigenvalue weighted by Gasteiger charge is 2.35. The number of aromatic nitrogens is 2. The maximum Gasteiger partial charge on any atom is 0.433 e. The zero-order chi connectivity index (χ0) is 10.1. The zero-order valence-corrected chi connectivity index (χ0v) is 6.97. The van der Waals surface area contributed by atoms with E-state index in [0.717, 1.165) is 10.7 Å². The van der Waals surface area contributed by atoms with Gasteiger partial charge in [-0.25, -0.2) is 0 Å². The van der Waals surface area contributed by atoms with Gasteiger partial charge in [0.2, 0.25) is 0 Å². The minimum atomic E-state index is -4.41. The molecule has 0 aliphatic heterocycles. The Kier molecular flexibility index (Phi) is 2.60. The number of aryl methyl sites for hydroxylation is 1. The number of hydrogen-bond acceptors (Lipinski definition) is 2. The van der Waals surface area contributed by atoms with Crippen molar-refractivity contribution in [2.24, 2.45) is 0 Å².